The third kappa shape index (κ3) is 4.35. The molecule has 1 aromatic heterocycles. The molecule has 0 spiro atoms. The molecule has 0 unspecified atom stereocenters. The van der Waals surface area contributed by atoms with E-state index < -0.39 is 0 Å². The molecule has 19 heavy (non-hydrogen) atoms. The first-order chi connectivity index (χ1) is 9.29. The number of thiophene rings is 1. The van der Waals surface area contributed by atoms with Crippen LogP contribution in [0.1, 0.15) is 28.1 Å². The van der Waals surface area contributed by atoms with Gasteiger partial charge in [-0.3, -0.25) is 4.79 Å². The highest BCUT2D eigenvalue weighted by molar-refractivity contribution is 7.10. The standard InChI is InChI=1S/C14H19N3OS/c15-5-3-4-13-10-12(11-19-13)14(18)16-6-9-17-7-1-2-8-17/h10-11H,1-2,5-9,15H2,(H,16,18). The fourth-order valence-electron chi connectivity index (χ4n) is 2.09. The molecule has 5 heteroatoms. The van der Waals surface area contributed by atoms with E-state index in [0.717, 1.165) is 24.5 Å². The number of rotatable bonds is 4. The van der Waals surface area contributed by atoms with Gasteiger partial charge in [0.25, 0.3) is 5.91 Å². The van der Waals surface area contributed by atoms with Gasteiger partial charge in [-0.1, -0.05) is 11.8 Å². The van der Waals surface area contributed by atoms with Crippen LogP contribution >= 0.6 is 11.3 Å². The van der Waals surface area contributed by atoms with E-state index >= 15 is 0 Å². The maximum Gasteiger partial charge on any atom is 0.252 e. The molecule has 1 aliphatic rings. The van der Waals surface area contributed by atoms with Crippen LogP contribution in [0.5, 0.6) is 0 Å². The van der Waals surface area contributed by atoms with Gasteiger partial charge in [0.1, 0.15) is 0 Å². The lowest BCUT2D eigenvalue weighted by atomic mass is 10.3. The average Bonchev–Trinajstić information content (AvgIpc) is 3.07. The maximum atomic E-state index is 11.9. The first kappa shape index (κ1) is 14.1. The second-order valence-corrected chi connectivity index (χ2v) is 5.42. The van der Waals surface area contributed by atoms with E-state index in [1.54, 1.807) is 0 Å². The molecule has 0 aromatic carbocycles. The summed E-state index contributed by atoms with van der Waals surface area (Å²) in [5, 5.41) is 4.79. The predicted molar refractivity (Wildman–Crippen MR) is 78.3 cm³/mol. The Hall–Kier alpha value is -1.35. The van der Waals surface area contributed by atoms with E-state index in [-0.39, 0.29) is 5.91 Å². The lowest BCUT2D eigenvalue weighted by molar-refractivity contribution is 0.0950. The molecule has 1 saturated heterocycles. The molecule has 0 aliphatic carbocycles. The van der Waals surface area contributed by atoms with Gasteiger partial charge in [0.15, 0.2) is 0 Å². The van der Waals surface area contributed by atoms with E-state index in [0.29, 0.717) is 18.7 Å². The Morgan fingerprint density at radius 1 is 1.47 bits per heavy atom. The van der Waals surface area contributed by atoms with Crippen LogP contribution < -0.4 is 11.1 Å². The summed E-state index contributed by atoms with van der Waals surface area (Å²) in [7, 11) is 0. The molecular formula is C14H19N3OS. The molecule has 4 nitrogen and oxygen atoms in total. The van der Waals surface area contributed by atoms with Crippen molar-refractivity contribution in [2.75, 3.05) is 32.7 Å². The van der Waals surface area contributed by atoms with Gasteiger partial charge in [-0.2, -0.15) is 0 Å². The summed E-state index contributed by atoms with van der Waals surface area (Å²) in [6, 6.07) is 1.82. The summed E-state index contributed by atoms with van der Waals surface area (Å²) >= 11 is 1.48. The van der Waals surface area contributed by atoms with Gasteiger partial charge in [-0.15, -0.1) is 11.3 Å². The Kier molecular flexibility index (Phi) is 5.40. The molecule has 3 N–H and O–H groups in total. The van der Waals surface area contributed by atoms with Crippen molar-refractivity contribution in [3.63, 3.8) is 0 Å². The average molecular weight is 277 g/mol. The van der Waals surface area contributed by atoms with Crippen molar-refractivity contribution < 1.29 is 4.79 Å². The molecule has 102 valence electrons. The first-order valence-corrected chi connectivity index (χ1v) is 7.45. The van der Waals surface area contributed by atoms with Gasteiger partial charge >= 0.3 is 0 Å². The molecule has 0 bridgehead atoms. The summed E-state index contributed by atoms with van der Waals surface area (Å²) in [6.07, 6.45) is 2.56. The normalized spacial score (nSPS) is 15.0. The van der Waals surface area contributed by atoms with Crippen LogP contribution in [0.15, 0.2) is 11.4 Å². The number of nitrogens with one attached hydrogen (secondary N) is 1. The minimum atomic E-state index is -0.0174. The SMILES string of the molecule is NCC#Cc1cc(C(=O)NCCN2CCCC2)cs1. The lowest BCUT2D eigenvalue weighted by Crippen LogP contribution is -2.33. The largest absolute Gasteiger partial charge is 0.351 e. The van der Waals surface area contributed by atoms with Crippen molar-refractivity contribution in [1.82, 2.24) is 10.2 Å². The number of nitrogens with two attached hydrogens (primary N) is 1. The Morgan fingerprint density at radius 3 is 3.00 bits per heavy atom. The lowest BCUT2D eigenvalue weighted by Gasteiger charge is -2.14. The number of likely N-dealkylation sites (tertiary alicyclic amines) is 1. The Bertz CT molecular complexity index is 480. The third-order valence-corrected chi connectivity index (χ3v) is 3.93. The Morgan fingerprint density at radius 2 is 2.26 bits per heavy atom. The van der Waals surface area contributed by atoms with Crippen LogP contribution in [0.25, 0.3) is 0 Å². The van der Waals surface area contributed by atoms with E-state index in [4.69, 9.17) is 5.73 Å². The molecule has 1 fully saturated rings. The summed E-state index contributed by atoms with van der Waals surface area (Å²) in [5.41, 5.74) is 6.00. The summed E-state index contributed by atoms with van der Waals surface area (Å²) in [4.78, 5) is 15.2. The van der Waals surface area contributed by atoms with Gasteiger partial charge in [0, 0.05) is 18.5 Å². The van der Waals surface area contributed by atoms with E-state index in [1.165, 1.54) is 24.2 Å². The maximum absolute atomic E-state index is 11.9. The fraction of sp³-hybridized carbons (Fsp3) is 0.500. The van der Waals surface area contributed by atoms with Crippen molar-refractivity contribution >= 4 is 17.2 Å². The third-order valence-electron chi connectivity index (χ3n) is 3.09. The zero-order valence-corrected chi connectivity index (χ0v) is 11.8. The smallest absolute Gasteiger partial charge is 0.252 e. The summed E-state index contributed by atoms with van der Waals surface area (Å²) in [5.74, 6) is 5.71. The van der Waals surface area contributed by atoms with Gasteiger partial charge in [-0.25, -0.2) is 0 Å². The van der Waals surface area contributed by atoms with Crippen molar-refractivity contribution in [1.29, 1.82) is 0 Å². The first-order valence-electron chi connectivity index (χ1n) is 6.57. The molecule has 0 saturated carbocycles. The second-order valence-electron chi connectivity index (χ2n) is 4.51. The van der Waals surface area contributed by atoms with Gasteiger partial charge in [0.2, 0.25) is 0 Å². The summed E-state index contributed by atoms with van der Waals surface area (Å²) in [6.45, 7) is 4.31. The van der Waals surface area contributed by atoms with Crippen LogP contribution in [0, 0.1) is 11.8 Å². The Labute approximate surface area is 118 Å². The highest BCUT2D eigenvalue weighted by Gasteiger charge is 2.12. The molecule has 2 rings (SSSR count). The number of carbonyl (C=O) groups excluding carboxylic acids is 1. The number of hydrogen-bond acceptors (Lipinski definition) is 4. The minimum Gasteiger partial charge on any atom is -0.351 e. The van der Waals surface area contributed by atoms with Crippen LogP contribution in [0.3, 0.4) is 0 Å². The number of carbonyl (C=O) groups is 1. The molecule has 0 atom stereocenters. The van der Waals surface area contributed by atoms with Crippen molar-refractivity contribution in [2.24, 2.45) is 5.73 Å². The van der Waals surface area contributed by atoms with Crippen LogP contribution in [-0.4, -0.2) is 43.5 Å². The molecule has 1 aliphatic heterocycles. The van der Waals surface area contributed by atoms with Crippen molar-refractivity contribution in [3.8, 4) is 11.8 Å². The molecule has 1 aromatic rings. The van der Waals surface area contributed by atoms with E-state index in [1.807, 2.05) is 11.4 Å². The molecule has 1 amide bonds. The van der Waals surface area contributed by atoms with Crippen LogP contribution in [0.4, 0.5) is 0 Å². The molecule has 0 radical (unpaired) electrons. The Balaban J connectivity index is 1.77. The highest BCUT2D eigenvalue weighted by atomic mass is 32.1. The van der Waals surface area contributed by atoms with E-state index in [9.17, 15) is 4.79 Å². The zero-order valence-electron chi connectivity index (χ0n) is 10.9. The van der Waals surface area contributed by atoms with E-state index in [2.05, 4.69) is 22.1 Å². The van der Waals surface area contributed by atoms with Crippen molar-refractivity contribution in [3.05, 3.63) is 21.9 Å². The van der Waals surface area contributed by atoms with Gasteiger partial charge in [0.05, 0.1) is 17.0 Å². The molecular weight excluding hydrogens is 258 g/mol. The summed E-state index contributed by atoms with van der Waals surface area (Å²) < 4.78 is 0. The zero-order chi connectivity index (χ0) is 13.5. The fourth-order valence-corrected chi connectivity index (χ4v) is 2.85. The number of hydrogen-bond donors (Lipinski definition) is 2. The molecule has 2 heterocycles. The topological polar surface area (TPSA) is 58.4 Å². The number of nitrogens with zero attached hydrogens (tertiary/aromatic N) is 1. The van der Waals surface area contributed by atoms with Gasteiger partial charge < -0.3 is 16.0 Å². The second kappa shape index (κ2) is 7.29. The predicted octanol–water partition coefficient (Wildman–Crippen LogP) is 0.884. The van der Waals surface area contributed by atoms with Gasteiger partial charge in [-0.05, 0) is 32.0 Å². The van der Waals surface area contributed by atoms with Crippen molar-refractivity contribution in [2.45, 2.75) is 12.8 Å². The quantitative estimate of drug-likeness (QED) is 0.803. The number of amides is 1. The highest BCUT2D eigenvalue weighted by Crippen LogP contribution is 2.13. The van der Waals surface area contributed by atoms with Crippen LogP contribution in [0.2, 0.25) is 0 Å². The minimum absolute atomic E-state index is 0.0174. The van der Waals surface area contributed by atoms with Crippen LogP contribution in [-0.2, 0) is 0 Å². The monoisotopic (exact) mass is 277 g/mol.